The minimum atomic E-state index is -0.0211. The molecule has 0 bridgehead atoms. The van der Waals surface area contributed by atoms with Gasteiger partial charge in [0, 0.05) is 65.2 Å². The summed E-state index contributed by atoms with van der Waals surface area (Å²) in [5, 5.41) is 2.97. The third-order valence-electron chi connectivity index (χ3n) is 4.92. The van der Waals surface area contributed by atoms with Crippen molar-refractivity contribution < 1.29 is 19.0 Å². The highest BCUT2D eigenvalue weighted by molar-refractivity contribution is 5.74. The molecule has 27 heavy (non-hydrogen) atoms. The predicted octanol–water partition coefficient (Wildman–Crippen LogP) is 1.11. The normalized spacial score (nSPS) is 20.6. The number of carbonyl (C=O) groups is 1. The fourth-order valence-corrected chi connectivity index (χ4v) is 3.33. The van der Waals surface area contributed by atoms with Crippen LogP contribution in [0.5, 0.6) is 5.88 Å². The molecule has 1 N–H and O–H groups in total. The number of carbonyl (C=O) groups excluding carboxylic acids is 1. The largest absolute Gasteiger partial charge is 0.475 e. The second kappa shape index (κ2) is 10.4. The molecule has 0 saturated carbocycles. The Balaban J connectivity index is 1.34. The van der Waals surface area contributed by atoms with E-state index >= 15 is 0 Å². The second-order valence-electron chi connectivity index (χ2n) is 6.93. The van der Waals surface area contributed by atoms with Crippen LogP contribution in [0, 0.1) is 0 Å². The van der Waals surface area contributed by atoms with Crippen LogP contribution in [0.4, 0.5) is 4.79 Å². The number of hydrogen-bond donors (Lipinski definition) is 1. The molecule has 2 fully saturated rings. The van der Waals surface area contributed by atoms with Crippen LogP contribution in [-0.4, -0.2) is 86.6 Å². The Kier molecular flexibility index (Phi) is 7.67. The summed E-state index contributed by atoms with van der Waals surface area (Å²) in [6.07, 6.45) is 4.43. The van der Waals surface area contributed by atoms with Gasteiger partial charge in [0.05, 0.1) is 12.7 Å². The van der Waals surface area contributed by atoms with E-state index in [1.54, 1.807) is 19.4 Å². The highest BCUT2D eigenvalue weighted by Crippen LogP contribution is 2.14. The topological polar surface area (TPSA) is 76.2 Å². The lowest BCUT2D eigenvalue weighted by atomic mass is 10.2. The minimum Gasteiger partial charge on any atom is -0.475 e. The second-order valence-corrected chi connectivity index (χ2v) is 6.93. The lowest BCUT2D eigenvalue weighted by molar-refractivity contribution is 0.0561. The van der Waals surface area contributed by atoms with E-state index in [0.29, 0.717) is 31.7 Å². The van der Waals surface area contributed by atoms with Gasteiger partial charge in [0.1, 0.15) is 6.61 Å². The summed E-state index contributed by atoms with van der Waals surface area (Å²) in [7, 11) is 1.63. The number of nitrogens with one attached hydrogen (secondary N) is 1. The number of rotatable bonds is 8. The Morgan fingerprint density at radius 3 is 2.81 bits per heavy atom. The van der Waals surface area contributed by atoms with Gasteiger partial charge in [-0.3, -0.25) is 4.90 Å². The highest BCUT2D eigenvalue weighted by atomic mass is 16.5. The van der Waals surface area contributed by atoms with Gasteiger partial charge in [-0.05, 0) is 18.4 Å². The molecule has 8 heteroatoms. The summed E-state index contributed by atoms with van der Waals surface area (Å²) in [5.41, 5.74) is 0.944. The summed E-state index contributed by atoms with van der Waals surface area (Å²) in [5.74, 6) is 0.560. The van der Waals surface area contributed by atoms with Crippen LogP contribution < -0.4 is 10.1 Å². The molecule has 2 aliphatic heterocycles. The smallest absolute Gasteiger partial charge is 0.317 e. The van der Waals surface area contributed by atoms with Crippen molar-refractivity contribution in [2.45, 2.75) is 25.5 Å². The van der Waals surface area contributed by atoms with Crippen molar-refractivity contribution in [1.29, 1.82) is 0 Å². The van der Waals surface area contributed by atoms with Gasteiger partial charge in [-0.15, -0.1) is 0 Å². The number of hydrogen-bond acceptors (Lipinski definition) is 6. The van der Waals surface area contributed by atoms with E-state index in [1.165, 1.54) is 6.42 Å². The van der Waals surface area contributed by atoms with Gasteiger partial charge < -0.3 is 24.4 Å². The first-order chi connectivity index (χ1) is 13.2. The molecule has 8 nitrogen and oxygen atoms in total. The van der Waals surface area contributed by atoms with Crippen LogP contribution in [0.2, 0.25) is 0 Å². The molecular weight excluding hydrogens is 348 g/mol. The number of piperazine rings is 1. The van der Waals surface area contributed by atoms with Crippen molar-refractivity contribution in [3.8, 4) is 5.88 Å². The van der Waals surface area contributed by atoms with Crippen LogP contribution in [0.25, 0.3) is 0 Å². The quantitative estimate of drug-likeness (QED) is 0.683. The molecule has 150 valence electrons. The zero-order valence-corrected chi connectivity index (χ0v) is 16.1. The van der Waals surface area contributed by atoms with Crippen LogP contribution in [0.15, 0.2) is 18.3 Å². The monoisotopic (exact) mass is 378 g/mol. The number of nitrogens with zero attached hydrogens (tertiary/aromatic N) is 3. The standard InChI is InChI=1S/C19H30N4O4/c1-25-11-12-27-18-5-4-16(13-20-18)14-21-19(24)23-8-6-22(7-9-23)15-17-3-2-10-26-17/h4-5,13,17H,2-3,6-12,14-15H2,1H3,(H,21,24)/t17-/m0/s1. The maximum absolute atomic E-state index is 12.4. The van der Waals surface area contributed by atoms with Crippen LogP contribution in [-0.2, 0) is 16.0 Å². The van der Waals surface area contributed by atoms with Crippen LogP contribution >= 0.6 is 0 Å². The maximum atomic E-state index is 12.4. The minimum absolute atomic E-state index is 0.0211. The van der Waals surface area contributed by atoms with Crippen molar-refractivity contribution in [3.63, 3.8) is 0 Å². The van der Waals surface area contributed by atoms with E-state index in [0.717, 1.165) is 51.3 Å². The van der Waals surface area contributed by atoms with E-state index in [4.69, 9.17) is 14.2 Å². The number of methoxy groups -OCH3 is 1. The maximum Gasteiger partial charge on any atom is 0.317 e. The molecule has 0 spiro atoms. The number of ether oxygens (including phenoxy) is 3. The predicted molar refractivity (Wildman–Crippen MR) is 101 cm³/mol. The molecule has 0 aromatic carbocycles. The molecule has 2 aliphatic rings. The summed E-state index contributed by atoms with van der Waals surface area (Å²) in [6, 6.07) is 3.70. The number of pyridine rings is 1. The third-order valence-corrected chi connectivity index (χ3v) is 4.92. The van der Waals surface area contributed by atoms with Gasteiger partial charge in [0.2, 0.25) is 5.88 Å². The molecule has 2 saturated heterocycles. The lowest BCUT2D eigenvalue weighted by Gasteiger charge is -2.35. The zero-order valence-electron chi connectivity index (χ0n) is 16.1. The average Bonchev–Trinajstić information content (AvgIpc) is 3.21. The fourth-order valence-electron chi connectivity index (χ4n) is 3.33. The van der Waals surface area contributed by atoms with E-state index in [2.05, 4.69) is 15.2 Å². The van der Waals surface area contributed by atoms with Crippen LogP contribution in [0.3, 0.4) is 0 Å². The summed E-state index contributed by atoms with van der Waals surface area (Å²) >= 11 is 0. The van der Waals surface area contributed by atoms with Crippen molar-refractivity contribution in [2.75, 3.05) is 59.7 Å². The molecule has 1 aromatic heterocycles. The van der Waals surface area contributed by atoms with E-state index in [9.17, 15) is 4.79 Å². The zero-order chi connectivity index (χ0) is 18.9. The first-order valence-corrected chi connectivity index (χ1v) is 9.68. The fraction of sp³-hybridized carbons (Fsp3) is 0.684. The van der Waals surface area contributed by atoms with Gasteiger partial charge in [-0.25, -0.2) is 9.78 Å². The van der Waals surface area contributed by atoms with Gasteiger partial charge in [0.15, 0.2) is 0 Å². The molecule has 1 aromatic rings. The van der Waals surface area contributed by atoms with E-state index in [-0.39, 0.29) is 6.03 Å². The van der Waals surface area contributed by atoms with Crippen molar-refractivity contribution in [1.82, 2.24) is 20.1 Å². The molecule has 2 amide bonds. The molecule has 0 aliphatic carbocycles. The average molecular weight is 378 g/mol. The molecule has 1 atom stereocenters. The van der Waals surface area contributed by atoms with E-state index in [1.807, 2.05) is 11.0 Å². The molecule has 0 radical (unpaired) electrons. The van der Waals surface area contributed by atoms with Crippen molar-refractivity contribution in [3.05, 3.63) is 23.9 Å². The SMILES string of the molecule is COCCOc1ccc(CNC(=O)N2CCN(C[C@@H]3CCCO3)CC2)cn1. The molecule has 0 unspecified atom stereocenters. The third kappa shape index (κ3) is 6.34. The summed E-state index contributed by atoms with van der Waals surface area (Å²) in [6.45, 7) is 6.65. The number of amides is 2. The number of urea groups is 1. The summed E-state index contributed by atoms with van der Waals surface area (Å²) < 4.78 is 16.1. The van der Waals surface area contributed by atoms with Crippen LogP contribution in [0.1, 0.15) is 18.4 Å². The van der Waals surface area contributed by atoms with E-state index < -0.39 is 0 Å². The Labute approximate surface area is 160 Å². The first-order valence-electron chi connectivity index (χ1n) is 9.68. The van der Waals surface area contributed by atoms with Gasteiger partial charge in [0.25, 0.3) is 0 Å². The first kappa shape index (κ1) is 19.9. The Morgan fingerprint density at radius 2 is 2.15 bits per heavy atom. The van der Waals surface area contributed by atoms with Crippen molar-refractivity contribution >= 4 is 6.03 Å². The van der Waals surface area contributed by atoms with Crippen molar-refractivity contribution in [2.24, 2.45) is 0 Å². The van der Waals surface area contributed by atoms with Gasteiger partial charge in [-0.1, -0.05) is 6.07 Å². The lowest BCUT2D eigenvalue weighted by Crippen LogP contribution is -2.52. The Bertz CT molecular complexity index is 570. The highest BCUT2D eigenvalue weighted by Gasteiger charge is 2.24. The number of aromatic nitrogens is 1. The molecule has 3 heterocycles. The summed E-state index contributed by atoms with van der Waals surface area (Å²) in [4.78, 5) is 20.9. The van der Waals surface area contributed by atoms with Gasteiger partial charge >= 0.3 is 6.03 Å². The Morgan fingerprint density at radius 1 is 1.30 bits per heavy atom. The molecule has 3 rings (SSSR count). The molecular formula is C19H30N4O4. The Hall–Kier alpha value is -1.90. The van der Waals surface area contributed by atoms with Gasteiger partial charge in [-0.2, -0.15) is 0 Å².